The number of rotatable bonds is 2. The van der Waals surface area contributed by atoms with Gasteiger partial charge in [0.25, 0.3) is 5.56 Å². The van der Waals surface area contributed by atoms with E-state index in [1.807, 2.05) is 61.5 Å². The average Bonchev–Trinajstić information content (AvgIpc) is 2.82. The molecule has 0 N–H and O–H groups in total. The highest BCUT2D eigenvalue weighted by molar-refractivity contribution is 7.10. The van der Waals surface area contributed by atoms with E-state index < -0.39 is 0 Å². The molecule has 0 bridgehead atoms. The van der Waals surface area contributed by atoms with Crippen molar-refractivity contribution in [1.29, 1.82) is 0 Å². The molecule has 0 aliphatic carbocycles. The van der Waals surface area contributed by atoms with Crippen LogP contribution in [0.15, 0.2) is 65.5 Å². The molecule has 0 spiro atoms. The lowest BCUT2D eigenvalue weighted by Gasteiger charge is -2.01. The first-order chi connectivity index (χ1) is 9.24. The fourth-order valence-corrected chi connectivity index (χ4v) is 2.97. The molecule has 2 nitrogen and oxygen atoms in total. The molecule has 0 aliphatic rings. The van der Waals surface area contributed by atoms with E-state index >= 15 is 0 Å². The van der Waals surface area contributed by atoms with E-state index in [1.165, 1.54) is 11.5 Å². The predicted molar refractivity (Wildman–Crippen MR) is 80.1 cm³/mol. The molecule has 3 heteroatoms. The van der Waals surface area contributed by atoms with E-state index in [0.29, 0.717) is 0 Å². The van der Waals surface area contributed by atoms with Crippen LogP contribution in [0.3, 0.4) is 0 Å². The van der Waals surface area contributed by atoms with Gasteiger partial charge in [0.05, 0.1) is 10.6 Å². The molecule has 1 heterocycles. The highest BCUT2D eigenvalue weighted by Crippen LogP contribution is 2.24. The van der Waals surface area contributed by atoms with Crippen molar-refractivity contribution in [2.75, 3.05) is 0 Å². The Labute approximate surface area is 115 Å². The summed E-state index contributed by atoms with van der Waals surface area (Å²) < 4.78 is 1.73. The van der Waals surface area contributed by atoms with Crippen molar-refractivity contribution in [3.63, 3.8) is 0 Å². The zero-order chi connectivity index (χ0) is 13.2. The van der Waals surface area contributed by atoms with Crippen molar-refractivity contribution in [1.82, 2.24) is 3.96 Å². The maximum Gasteiger partial charge on any atom is 0.265 e. The van der Waals surface area contributed by atoms with E-state index in [9.17, 15) is 4.79 Å². The molecule has 0 saturated carbocycles. The summed E-state index contributed by atoms with van der Waals surface area (Å²) in [5, 5.41) is 0. The number of aromatic nitrogens is 1. The molecule has 0 amide bonds. The normalized spacial score (nSPS) is 10.6. The number of hydrogen-bond acceptors (Lipinski definition) is 2. The van der Waals surface area contributed by atoms with Crippen LogP contribution in [0, 0.1) is 6.92 Å². The largest absolute Gasteiger partial charge is 0.268 e. The molecular weight excluding hydrogens is 254 g/mol. The summed E-state index contributed by atoms with van der Waals surface area (Å²) in [5.74, 6) is 0. The summed E-state index contributed by atoms with van der Waals surface area (Å²) in [4.78, 5) is 13.1. The molecule has 0 saturated heterocycles. The monoisotopic (exact) mass is 267 g/mol. The van der Waals surface area contributed by atoms with Crippen LogP contribution in [0.2, 0.25) is 0 Å². The Balaban J connectivity index is 2.10. The standard InChI is InChI=1S/C16H13NOS/c1-12-6-5-9-14(10-12)17-16(18)11-15(19-17)13-7-3-2-4-8-13/h2-11H,1H3. The van der Waals surface area contributed by atoms with Crippen LogP contribution in [0.4, 0.5) is 0 Å². The molecule has 3 aromatic rings. The maximum absolute atomic E-state index is 12.1. The van der Waals surface area contributed by atoms with Crippen molar-refractivity contribution in [3.05, 3.63) is 76.6 Å². The molecular formula is C16H13NOS. The van der Waals surface area contributed by atoms with Crippen LogP contribution in [0.1, 0.15) is 5.56 Å². The van der Waals surface area contributed by atoms with Crippen molar-refractivity contribution in [3.8, 4) is 16.1 Å². The SMILES string of the molecule is Cc1cccc(-n2sc(-c3ccccc3)cc2=O)c1. The van der Waals surface area contributed by atoms with Crippen LogP contribution in [-0.4, -0.2) is 3.96 Å². The van der Waals surface area contributed by atoms with Gasteiger partial charge in [0.2, 0.25) is 0 Å². The quantitative estimate of drug-likeness (QED) is 0.690. The third kappa shape index (κ3) is 2.37. The zero-order valence-electron chi connectivity index (χ0n) is 10.5. The summed E-state index contributed by atoms with van der Waals surface area (Å²) in [5.41, 5.74) is 3.18. The van der Waals surface area contributed by atoms with Crippen molar-refractivity contribution in [2.24, 2.45) is 0 Å². The zero-order valence-corrected chi connectivity index (χ0v) is 11.4. The predicted octanol–water partition coefficient (Wildman–Crippen LogP) is 3.87. The molecule has 2 aromatic carbocycles. The van der Waals surface area contributed by atoms with Crippen molar-refractivity contribution < 1.29 is 0 Å². The van der Waals surface area contributed by atoms with Crippen molar-refractivity contribution >= 4 is 11.5 Å². The fraction of sp³-hybridized carbons (Fsp3) is 0.0625. The van der Waals surface area contributed by atoms with Gasteiger partial charge in [-0.05, 0) is 30.2 Å². The molecule has 1 aromatic heterocycles. The van der Waals surface area contributed by atoms with Crippen LogP contribution in [0.25, 0.3) is 16.1 Å². The van der Waals surface area contributed by atoms with Gasteiger partial charge in [-0.1, -0.05) is 54.0 Å². The Kier molecular flexibility index (Phi) is 3.05. The Hall–Kier alpha value is -2.13. The Morgan fingerprint density at radius 2 is 1.74 bits per heavy atom. The second-order valence-corrected chi connectivity index (χ2v) is 5.43. The highest BCUT2D eigenvalue weighted by Gasteiger charge is 2.07. The molecule has 3 rings (SSSR count). The van der Waals surface area contributed by atoms with E-state index in [1.54, 1.807) is 10.0 Å². The fourth-order valence-electron chi connectivity index (χ4n) is 2.01. The molecule has 94 valence electrons. The molecule has 19 heavy (non-hydrogen) atoms. The molecule has 0 fully saturated rings. The van der Waals surface area contributed by atoms with Crippen LogP contribution < -0.4 is 5.56 Å². The molecule has 0 radical (unpaired) electrons. The summed E-state index contributed by atoms with van der Waals surface area (Å²) in [7, 11) is 0. The lowest BCUT2D eigenvalue weighted by Crippen LogP contribution is -2.09. The second kappa shape index (κ2) is 4.86. The van der Waals surface area contributed by atoms with Crippen molar-refractivity contribution in [2.45, 2.75) is 6.92 Å². The second-order valence-electron chi connectivity index (χ2n) is 4.44. The van der Waals surface area contributed by atoms with Gasteiger partial charge in [0.15, 0.2) is 0 Å². The van der Waals surface area contributed by atoms with E-state index in [-0.39, 0.29) is 5.56 Å². The van der Waals surface area contributed by atoms with Gasteiger partial charge in [-0.25, -0.2) is 3.96 Å². The van der Waals surface area contributed by atoms with Crippen LogP contribution in [0.5, 0.6) is 0 Å². The summed E-state index contributed by atoms with van der Waals surface area (Å²) in [6.45, 7) is 2.03. The number of nitrogens with zero attached hydrogens (tertiary/aromatic N) is 1. The Bertz CT molecular complexity index is 756. The smallest absolute Gasteiger partial charge is 0.265 e. The highest BCUT2D eigenvalue weighted by atomic mass is 32.1. The number of aryl methyl sites for hydroxylation is 1. The van der Waals surface area contributed by atoms with E-state index in [2.05, 4.69) is 0 Å². The summed E-state index contributed by atoms with van der Waals surface area (Å²) in [6, 6.07) is 19.7. The summed E-state index contributed by atoms with van der Waals surface area (Å²) >= 11 is 1.48. The molecule has 0 unspecified atom stereocenters. The minimum absolute atomic E-state index is 0.0226. The van der Waals surface area contributed by atoms with E-state index in [4.69, 9.17) is 0 Å². The third-order valence-electron chi connectivity index (χ3n) is 2.94. The summed E-state index contributed by atoms with van der Waals surface area (Å²) in [6.07, 6.45) is 0. The maximum atomic E-state index is 12.1. The van der Waals surface area contributed by atoms with Gasteiger partial charge in [-0.2, -0.15) is 0 Å². The van der Waals surface area contributed by atoms with Crippen LogP contribution in [-0.2, 0) is 0 Å². The average molecular weight is 267 g/mol. The van der Waals surface area contributed by atoms with E-state index in [0.717, 1.165) is 21.7 Å². The van der Waals surface area contributed by atoms with Crippen LogP contribution >= 0.6 is 11.5 Å². The first-order valence-electron chi connectivity index (χ1n) is 6.10. The molecule has 0 atom stereocenters. The van der Waals surface area contributed by atoms with Gasteiger partial charge in [0, 0.05) is 6.07 Å². The Morgan fingerprint density at radius 3 is 2.47 bits per heavy atom. The minimum atomic E-state index is 0.0226. The minimum Gasteiger partial charge on any atom is -0.268 e. The number of benzene rings is 2. The number of hydrogen-bond donors (Lipinski definition) is 0. The lowest BCUT2D eigenvalue weighted by molar-refractivity contribution is 1.13. The van der Waals surface area contributed by atoms with Gasteiger partial charge >= 0.3 is 0 Å². The topological polar surface area (TPSA) is 22.0 Å². The Morgan fingerprint density at radius 1 is 0.947 bits per heavy atom. The van der Waals surface area contributed by atoms with Gasteiger partial charge in [0.1, 0.15) is 0 Å². The lowest BCUT2D eigenvalue weighted by atomic mass is 10.2. The van der Waals surface area contributed by atoms with Gasteiger partial charge < -0.3 is 0 Å². The first kappa shape index (κ1) is 11.9. The van der Waals surface area contributed by atoms with Gasteiger partial charge in [-0.3, -0.25) is 4.79 Å². The molecule has 0 aliphatic heterocycles. The van der Waals surface area contributed by atoms with Gasteiger partial charge in [-0.15, -0.1) is 0 Å². The first-order valence-corrected chi connectivity index (χ1v) is 6.87. The third-order valence-corrected chi connectivity index (χ3v) is 4.06.